The van der Waals surface area contributed by atoms with Crippen molar-refractivity contribution in [1.82, 2.24) is 15.3 Å². The summed E-state index contributed by atoms with van der Waals surface area (Å²) in [7, 11) is 0. The summed E-state index contributed by atoms with van der Waals surface area (Å²) in [5.41, 5.74) is -0.387. The van der Waals surface area contributed by atoms with Crippen LogP contribution in [0.5, 0.6) is 0 Å². The molecule has 186 valence electrons. The zero-order valence-corrected chi connectivity index (χ0v) is 21.3. The summed E-state index contributed by atoms with van der Waals surface area (Å²) >= 11 is 9.25. The molecule has 3 rings (SSSR count). The van der Waals surface area contributed by atoms with Gasteiger partial charge < -0.3 is 15.0 Å². The molecule has 2 N–H and O–H groups in total. The molecule has 1 aromatic carbocycles. The monoisotopic (exact) mass is 563 g/mol. The van der Waals surface area contributed by atoms with E-state index in [0.717, 1.165) is 0 Å². The van der Waals surface area contributed by atoms with Crippen LogP contribution in [-0.2, 0) is 4.74 Å². The highest BCUT2D eigenvalue weighted by atomic mass is 79.9. The molecule has 0 spiro atoms. The van der Waals surface area contributed by atoms with Crippen molar-refractivity contribution in [2.45, 2.75) is 70.2 Å². The number of alkyl carbamates (subject to hydrolysis) is 1. The van der Waals surface area contributed by atoms with Crippen molar-refractivity contribution in [2.75, 3.05) is 0 Å². The largest absolute Gasteiger partial charge is 0.435 e. The van der Waals surface area contributed by atoms with E-state index in [1.54, 1.807) is 45.0 Å². The standard InChI is InChI=1S/C23H26BrClF3N3O3/c1-22(2,3)31-21(33)34-18(12-6-10-15(25)11-7-12)17-16(24)20(32)30-19(29-17)13-4-8-14(9-5-13)23(26,27)28/h6-7,10-11,13-14,18H,4-5,8-9H2,1-3H3,(H,31,33)(H,29,30,32)/t13-,14+,18?. The maximum atomic E-state index is 13.1. The van der Waals surface area contributed by atoms with Gasteiger partial charge in [0.05, 0.1) is 5.92 Å². The molecule has 1 fully saturated rings. The van der Waals surface area contributed by atoms with E-state index >= 15 is 0 Å². The molecular formula is C23H26BrClF3N3O3. The lowest BCUT2D eigenvalue weighted by molar-refractivity contribution is -0.182. The van der Waals surface area contributed by atoms with Crippen LogP contribution in [0.3, 0.4) is 0 Å². The normalized spacial score (nSPS) is 20.0. The second-order valence-corrected chi connectivity index (χ2v) is 10.7. The molecule has 2 aromatic rings. The van der Waals surface area contributed by atoms with Gasteiger partial charge in [0.15, 0.2) is 6.10 Å². The molecule has 1 aromatic heterocycles. The molecule has 1 heterocycles. The number of nitrogens with one attached hydrogen (secondary N) is 2. The molecular weight excluding hydrogens is 539 g/mol. The average molecular weight is 565 g/mol. The van der Waals surface area contributed by atoms with Crippen molar-refractivity contribution in [1.29, 1.82) is 0 Å². The van der Waals surface area contributed by atoms with Gasteiger partial charge in [-0.25, -0.2) is 9.78 Å². The maximum Gasteiger partial charge on any atom is 0.408 e. The number of halogens is 5. The predicted octanol–water partition coefficient (Wildman–Crippen LogP) is 6.64. The van der Waals surface area contributed by atoms with Crippen molar-refractivity contribution in [3.63, 3.8) is 0 Å². The number of aromatic amines is 1. The first-order valence-electron chi connectivity index (χ1n) is 10.8. The van der Waals surface area contributed by atoms with Crippen LogP contribution in [-0.4, -0.2) is 27.8 Å². The zero-order valence-electron chi connectivity index (χ0n) is 18.9. The molecule has 0 bridgehead atoms. The molecule has 0 saturated heterocycles. The van der Waals surface area contributed by atoms with Crippen molar-refractivity contribution < 1.29 is 22.7 Å². The Bertz CT molecular complexity index is 1080. The van der Waals surface area contributed by atoms with E-state index in [4.69, 9.17) is 16.3 Å². The number of ether oxygens (including phenoxy) is 1. The Hall–Kier alpha value is -2.07. The van der Waals surface area contributed by atoms with Crippen molar-refractivity contribution in [2.24, 2.45) is 5.92 Å². The lowest BCUT2D eigenvalue weighted by atomic mass is 9.81. The van der Waals surface area contributed by atoms with Gasteiger partial charge in [-0.1, -0.05) is 23.7 Å². The Morgan fingerprint density at radius 2 is 1.76 bits per heavy atom. The molecule has 0 radical (unpaired) electrons. The van der Waals surface area contributed by atoms with Crippen molar-refractivity contribution in [3.05, 3.63) is 61.2 Å². The lowest BCUT2D eigenvalue weighted by Gasteiger charge is -2.30. The minimum absolute atomic E-state index is 0.0334. The van der Waals surface area contributed by atoms with E-state index < -0.39 is 35.4 Å². The maximum absolute atomic E-state index is 13.1. The van der Waals surface area contributed by atoms with Crippen molar-refractivity contribution in [3.8, 4) is 0 Å². The van der Waals surface area contributed by atoms with E-state index in [1.807, 2.05) is 0 Å². The van der Waals surface area contributed by atoms with E-state index in [2.05, 4.69) is 31.2 Å². The van der Waals surface area contributed by atoms with Gasteiger partial charge in [-0.05, 0) is 80.1 Å². The molecule has 1 aliphatic rings. The number of alkyl halides is 3. The van der Waals surface area contributed by atoms with E-state index in [-0.39, 0.29) is 47.6 Å². The Kier molecular flexibility index (Phi) is 8.02. The van der Waals surface area contributed by atoms with Gasteiger partial charge in [0.25, 0.3) is 5.56 Å². The van der Waals surface area contributed by atoms with Crippen LogP contribution < -0.4 is 10.9 Å². The van der Waals surface area contributed by atoms with Gasteiger partial charge >= 0.3 is 12.3 Å². The first-order valence-corrected chi connectivity index (χ1v) is 12.0. The summed E-state index contributed by atoms with van der Waals surface area (Å²) in [6.45, 7) is 5.38. The smallest absolute Gasteiger partial charge is 0.408 e. The highest BCUT2D eigenvalue weighted by Gasteiger charge is 2.42. The fourth-order valence-corrected chi connectivity index (χ4v) is 4.44. The first-order chi connectivity index (χ1) is 15.7. The third-order valence-electron chi connectivity index (χ3n) is 5.61. The van der Waals surface area contributed by atoms with E-state index in [1.165, 1.54) is 0 Å². The Morgan fingerprint density at radius 3 is 2.29 bits per heavy atom. The molecule has 0 aliphatic heterocycles. The van der Waals surface area contributed by atoms with Crippen molar-refractivity contribution >= 4 is 33.6 Å². The summed E-state index contributed by atoms with van der Waals surface area (Å²) in [5.74, 6) is -1.41. The number of hydrogen-bond acceptors (Lipinski definition) is 4. The minimum Gasteiger partial charge on any atom is -0.435 e. The van der Waals surface area contributed by atoms with Gasteiger partial charge in [0.2, 0.25) is 0 Å². The van der Waals surface area contributed by atoms with E-state index in [9.17, 15) is 22.8 Å². The van der Waals surface area contributed by atoms with Crippen LogP contribution in [0.1, 0.15) is 75.6 Å². The van der Waals surface area contributed by atoms with Gasteiger partial charge in [0, 0.05) is 16.5 Å². The average Bonchev–Trinajstić information content (AvgIpc) is 2.73. The number of amides is 1. The first kappa shape index (κ1) is 26.5. The number of carbonyl (C=O) groups excluding carboxylic acids is 1. The third kappa shape index (κ3) is 6.75. The van der Waals surface area contributed by atoms with Crippen LogP contribution in [0.4, 0.5) is 18.0 Å². The summed E-state index contributed by atoms with van der Waals surface area (Å²) < 4.78 is 45.0. The number of nitrogens with zero attached hydrogens (tertiary/aromatic N) is 1. The number of hydrogen-bond donors (Lipinski definition) is 2. The molecule has 1 atom stereocenters. The Balaban J connectivity index is 1.97. The molecule has 1 amide bonds. The highest BCUT2D eigenvalue weighted by Crippen LogP contribution is 2.42. The van der Waals surface area contributed by atoms with Crippen LogP contribution in [0.15, 0.2) is 33.5 Å². The molecule has 1 aliphatic carbocycles. The quantitative estimate of drug-likeness (QED) is 0.436. The predicted molar refractivity (Wildman–Crippen MR) is 126 cm³/mol. The molecule has 34 heavy (non-hydrogen) atoms. The number of benzene rings is 1. The minimum atomic E-state index is -4.23. The van der Waals surface area contributed by atoms with Crippen LogP contribution >= 0.6 is 27.5 Å². The summed E-state index contributed by atoms with van der Waals surface area (Å²) in [6.07, 6.45) is -5.58. The molecule has 1 unspecified atom stereocenters. The fourth-order valence-electron chi connectivity index (χ4n) is 3.92. The van der Waals surface area contributed by atoms with Crippen LogP contribution in [0.25, 0.3) is 0 Å². The Labute approximate surface area is 208 Å². The summed E-state index contributed by atoms with van der Waals surface area (Å²) in [4.78, 5) is 32.6. The second kappa shape index (κ2) is 10.3. The summed E-state index contributed by atoms with van der Waals surface area (Å²) in [5, 5.41) is 3.18. The van der Waals surface area contributed by atoms with Gasteiger partial charge in [-0.3, -0.25) is 4.79 Å². The Morgan fingerprint density at radius 1 is 1.18 bits per heavy atom. The SMILES string of the molecule is CC(C)(C)NC(=O)OC(c1ccc(Cl)cc1)c1nc([C@H]2CC[C@@H](C(F)(F)F)CC2)[nH]c(=O)c1Br. The zero-order chi connectivity index (χ0) is 25.3. The topological polar surface area (TPSA) is 84.1 Å². The van der Waals surface area contributed by atoms with Gasteiger partial charge in [-0.15, -0.1) is 0 Å². The van der Waals surface area contributed by atoms with Crippen LogP contribution in [0.2, 0.25) is 5.02 Å². The lowest BCUT2D eigenvalue weighted by Crippen LogP contribution is -2.41. The number of H-pyrrole nitrogens is 1. The summed E-state index contributed by atoms with van der Waals surface area (Å²) in [6, 6.07) is 6.55. The third-order valence-corrected chi connectivity index (χ3v) is 6.62. The number of rotatable bonds is 4. The molecule has 6 nitrogen and oxygen atoms in total. The molecule has 1 saturated carbocycles. The fraction of sp³-hybridized carbons (Fsp3) is 0.522. The van der Waals surface area contributed by atoms with Crippen LogP contribution in [0, 0.1) is 5.92 Å². The highest BCUT2D eigenvalue weighted by molar-refractivity contribution is 9.10. The number of carbonyl (C=O) groups is 1. The second-order valence-electron chi connectivity index (χ2n) is 9.45. The number of aromatic nitrogens is 2. The van der Waals surface area contributed by atoms with Gasteiger partial charge in [-0.2, -0.15) is 13.2 Å². The van der Waals surface area contributed by atoms with Gasteiger partial charge in [0.1, 0.15) is 16.0 Å². The molecule has 11 heteroatoms. The van der Waals surface area contributed by atoms with E-state index in [0.29, 0.717) is 10.6 Å².